The molecule has 1 amide bonds. The molecule has 1 unspecified atom stereocenters. The Kier molecular flexibility index (Phi) is 4.91. The number of carbonyl (C=O) groups is 1. The number of carbonyl (C=O) groups excluding carboxylic acids is 1. The summed E-state index contributed by atoms with van der Waals surface area (Å²) in [5.41, 5.74) is 5.61. The molecule has 1 N–H and O–H groups in total. The van der Waals surface area contributed by atoms with Gasteiger partial charge in [-0.1, -0.05) is 24.3 Å². The first-order chi connectivity index (χ1) is 16.2. The van der Waals surface area contributed by atoms with Gasteiger partial charge in [0.25, 0.3) is 0 Å². The molecule has 6 rings (SSSR count). The number of para-hydroxylation sites is 1. The molecule has 0 spiro atoms. The van der Waals surface area contributed by atoms with E-state index in [9.17, 15) is 4.79 Å². The summed E-state index contributed by atoms with van der Waals surface area (Å²) in [6, 6.07) is 16.2. The first kappa shape index (κ1) is 20.1. The number of thiophene rings is 1. The number of hydrogen-bond acceptors (Lipinski definition) is 6. The van der Waals surface area contributed by atoms with Gasteiger partial charge in [0.1, 0.15) is 17.0 Å². The summed E-state index contributed by atoms with van der Waals surface area (Å²) in [6.07, 6.45) is 5.98. The molecular weight excluding hydrogens is 430 g/mol. The minimum Gasteiger partial charge on any atom is -0.340 e. The van der Waals surface area contributed by atoms with Gasteiger partial charge < -0.3 is 10.2 Å². The molecule has 6 nitrogen and oxygen atoms in total. The van der Waals surface area contributed by atoms with Gasteiger partial charge in [-0.3, -0.25) is 9.79 Å². The lowest BCUT2D eigenvalue weighted by atomic mass is 9.87. The van der Waals surface area contributed by atoms with Crippen molar-refractivity contribution in [2.24, 2.45) is 10.9 Å². The fourth-order valence-corrected chi connectivity index (χ4v) is 6.05. The van der Waals surface area contributed by atoms with Crippen LogP contribution in [-0.4, -0.2) is 29.1 Å². The Morgan fingerprint density at radius 1 is 1.15 bits per heavy atom. The average Bonchev–Trinajstić information content (AvgIpc) is 3.47. The molecule has 33 heavy (non-hydrogen) atoms. The first-order valence-electron chi connectivity index (χ1n) is 11.1. The van der Waals surface area contributed by atoms with Gasteiger partial charge in [0, 0.05) is 35.4 Å². The van der Waals surface area contributed by atoms with Gasteiger partial charge >= 0.3 is 0 Å². The summed E-state index contributed by atoms with van der Waals surface area (Å²) >= 11 is 1.69. The van der Waals surface area contributed by atoms with E-state index in [4.69, 9.17) is 0 Å². The minimum absolute atomic E-state index is 0.0175. The molecular formula is C26H23N5OS. The van der Waals surface area contributed by atoms with E-state index in [1.807, 2.05) is 43.6 Å². The number of aryl methyl sites for hydroxylation is 1. The maximum atomic E-state index is 13.2. The zero-order chi connectivity index (χ0) is 22.4. The van der Waals surface area contributed by atoms with Gasteiger partial charge in [-0.25, -0.2) is 9.97 Å². The summed E-state index contributed by atoms with van der Waals surface area (Å²) < 4.78 is 0. The second kappa shape index (κ2) is 8.08. The maximum Gasteiger partial charge on any atom is 0.230 e. The molecule has 2 aliphatic rings. The summed E-state index contributed by atoms with van der Waals surface area (Å²) in [4.78, 5) is 30.7. The number of amides is 1. The molecule has 0 fully saturated rings. The number of anilines is 3. The molecule has 1 atom stereocenters. The number of benzene rings is 2. The lowest BCUT2D eigenvalue weighted by Crippen LogP contribution is -2.35. The second-order valence-electron chi connectivity index (χ2n) is 8.59. The lowest BCUT2D eigenvalue weighted by molar-refractivity contribution is -0.122. The Balaban J connectivity index is 1.28. The highest BCUT2D eigenvalue weighted by molar-refractivity contribution is 7.19. The molecule has 0 saturated heterocycles. The third-order valence-corrected chi connectivity index (χ3v) is 7.73. The molecule has 2 aromatic carbocycles. The van der Waals surface area contributed by atoms with Crippen molar-refractivity contribution >= 4 is 50.9 Å². The monoisotopic (exact) mass is 453 g/mol. The van der Waals surface area contributed by atoms with Crippen LogP contribution in [0.2, 0.25) is 0 Å². The molecule has 1 aliphatic carbocycles. The quantitative estimate of drug-likeness (QED) is 0.465. The smallest absolute Gasteiger partial charge is 0.230 e. The Morgan fingerprint density at radius 2 is 2.03 bits per heavy atom. The molecule has 0 saturated carbocycles. The van der Waals surface area contributed by atoms with Crippen LogP contribution >= 0.6 is 11.3 Å². The van der Waals surface area contributed by atoms with Gasteiger partial charge in [0.15, 0.2) is 0 Å². The van der Waals surface area contributed by atoms with E-state index in [-0.39, 0.29) is 11.8 Å². The van der Waals surface area contributed by atoms with Crippen molar-refractivity contribution in [2.45, 2.75) is 25.8 Å². The second-order valence-corrected chi connectivity index (χ2v) is 9.67. The van der Waals surface area contributed by atoms with Crippen LogP contribution in [0.25, 0.3) is 10.2 Å². The third-order valence-electron chi connectivity index (χ3n) is 6.57. The summed E-state index contributed by atoms with van der Waals surface area (Å²) in [5.74, 6) is 0.989. The van der Waals surface area contributed by atoms with Gasteiger partial charge in [0.05, 0.1) is 11.9 Å². The first-order valence-corrected chi connectivity index (χ1v) is 12.0. The molecule has 7 heteroatoms. The Bertz CT molecular complexity index is 1390. The van der Waals surface area contributed by atoms with Gasteiger partial charge in [0.2, 0.25) is 5.91 Å². The minimum atomic E-state index is -0.0175. The van der Waals surface area contributed by atoms with Crippen molar-refractivity contribution in [3.63, 3.8) is 0 Å². The SMILES string of the molecule is CN(C(=O)C1CCc2c(sc3ncnc(Nc4ccc5c(c4)C=NC5)c23)C1)c1ccccc1. The summed E-state index contributed by atoms with van der Waals surface area (Å²) in [6.45, 7) is 0.755. The number of hydrogen-bond donors (Lipinski definition) is 1. The predicted molar refractivity (Wildman–Crippen MR) is 134 cm³/mol. The van der Waals surface area contributed by atoms with Crippen LogP contribution in [0.4, 0.5) is 17.2 Å². The van der Waals surface area contributed by atoms with Crippen LogP contribution in [0.5, 0.6) is 0 Å². The van der Waals surface area contributed by atoms with Crippen molar-refractivity contribution in [3.05, 3.63) is 76.4 Å². The number of rotatable bonds is 4. The van der Waals surface area contributed by atoms with Crippen LogP contribution in [-0.2, 0) is 24.2 Å². The van der Waals surface area contributed by atoms with Gasteiger partial charge in [-0.15, -0.1) is 11.3 Å². The van der Waals surface area contributed by atoms with E-state index in [0.717, 1.165) is 58.8 Å². The number of aliphatic imine (C=N–C) groups is 1. The Hall–Kier alpha value is -3.58. The molecule has 164 valence electrons. The van der Waals surface area contributed by atoms with E-state index in [2.05, 4.69) is 38.5 Å². The fraction of sp³-hybridized carbons (Fsp3) is 0.231. The topological polar surface area (TPSA) is 70.5 Å². The van der Waals surface area contributed by atoms with E-state index < -0.39 is 0 Å². The van der Waals surface area contributed by atoms with E-state index in [1.54, 1.807) is 22.6 Å². The highest BCUT2D eigenvalue weighted by Gasteiger charge is 2.31. The fourth-order valence-electron chi connectivity index (χ4n) is 4.78. The van der Waals surface area contributed by atoms with E-state index >= 15 is 0 Å². The zero-order valence-corrected chi connectivity index (χ0v) is 19.1. The van der Waals surface area contributed by atoms with Crippen LogP contribution in [0.15, 0.2) is 59.9 Å². The molecule has 2 aromatic heterocycles. The number of fused-ring (bicyclic) bond motifs is 4. The zero-order valence-electron chi connectivity index (χ0n) is 18.3. The molecule has 0 bridgehead atoms. The highest BCUT2D eigenvalue weighted by atomic mass is 32.1. The number of nitrogens with zero attached hydrogens (tertiary/aromatic N) is 4. The average molecular weight is 454 g/mol. The predicted octanol–water partition coefficient (Wildman–Crippen LogP) is 5.14. The van der Waals surface area contributed by atoms with Gasteiger partial charge in [-0.05, 0) is 60.2 Å². The van der Waals surface area contributed by atoms with Crippen LogP contribution in [0, 0.1) is 5.92 Å². The van der Waals surface area contributed by atoms with E-state index in [1.165, 1.54) is 16.0 Å². The van der Waals surface area contributed by atoms with Crippen molar-refractivity contribution in [1.29, 1.82) is 0 Å². The molecule has 0 radical (unpaired) electrons. The van der Waals surface area contributed by atoms with Crippen LogP contribution in [0.1, 0.15) is 28.0 Å². The lowest BCUT2D eigenvalue weighted by Gasteiger charge is -2.26. The largest absolute Gasteiger partial charge is 0.340 e. The molecule has 4 aromatic rings. The van der Waals surface area contributed by atoms with E-state index in [0.29, 0.717) is 0 Å². The van der Waals surface area contributed by atoms with Crippen LogP contribution < -0.4 is 10.2 Å². The van der Waals surface area contributed by atoms with Crippen molar-refractivity contribution < 1.29 is 4.79 Å². The van der Waals surface area contributed by atoms with Gasteiger partial charge in [-0.2, -0.15) is 0 Å². The van der Waals surface area contributed by atoms with Crippen molar-refractivity contribution in [2.75, 3.05) is 17.3 Å². The summed E-state index contributed by atoms with van der Waals surface area (Å²) in [5, 5.41) is 4.60. The number of nitrogens with one attached hydrogen (secondary N) is 1. The normalized spacial score (nSPS) is 16.5. The summed E-state index contributed by atoms with van der Waals surface area (Å²) in [7, 11) is 1.87. The Morgan fingerprint density at radius 3 is 2.91 bits per heavy atom. The highest BCUT2D eigenvalue weighted by Crippen LogP contribution is 2.41. The standard InChI is InChI=1S/C26H23N5OS/c1-31(20-5-3-2-4-6-20)26(32)16-8-10-21-22(12-16)33-25-23(21)24(28-15-29-25)30-19-9-7-17-13-27-14-18(17)11-19/h2-7,9,11,14-16H,8,10,12-13H2,1H3,(H,28,29,30). The molecule has 3 heterocycles. The Labute approximate surface area is 196 Å². The van der Waals surface area contributed by atoms with Crippen molar-refractivity contribution in [3.8, 4) is 0 Å². The van der Waals surface area contributed by atoms with Crippen molar-refractivity contribution in [1.82, 2.24) is 9.97 Å². The third kappa shape index (κ3) is 3.58. The van der Waals surface area contributed by atoms with Crippen LogP contribution in [0.3, 0.4) is 0 Å². The number of aromatic nitrogens is 2. The maximum absolute atomic E-state index is 13.2. The molecule has 1 aliphatic heterocycles.